The molecule has 3 rings (SSSR count). The monoisotopic (exact) mass is 343 g/mol. The zero-order valence-electron chi connectivity index (χ0n) is 14.1. The number of nitrogen functional groups attached to an aromatic ring is 1. The number of nitrogens with zero attached hydrogens (tertiary/aromatic N) is 3. The lowest BCUT2D eigenvalue weighted by molar-refractivity contribution is 0.0527. The maximum absolute atomic E-state index is 12.1. The third-order valence-corrected chi connectivity index (χ3v) is 3.85. The number of morpholine rings is 1. The maximum Gasteiger partial charge on any atom is 0.340 e. The highest BCUT2D eigenvalue weighted by Gasteiger charge is 2.19. The summed E-state index contributed by atoms with van der Waals surface area (Å²) >= 11 is 0. The summed E-state index contributed by atoms with van der Waals surface area (Å²) in [6.45, 7) is 4.80. The molecule has 132 valence electrons. The van der Waals surface area contributed by atoms with Crippen LogP contribution >= 0.6 is 0 Å². The van der Waals surface area contributed by atoms with Crippen LogP contribution < -0.4 is 16.0 Å². The predicted molar refractivity (Wildman–Crippen MR) is 95.2 cm³/mol. The number of carbonyl (C=O) groups is 1. The number of esters is 1. The number of hydrogen-bond acceptors (Lipinski definition) is 8. The van der Waals surface area contributed by atoms with Gasteiger partial charge in [0.2, 0.25) is 0 Å². The number of para-hydroxylation sites is 1. The van der Waals surface area contributed by atoms with Gasteiger partial charge in [0.25, 0.3) is 0 Å². The summed E-state index contributed by atoms with van der Waals surface area (Å²) in [7, 11) is 0. The van der Waals surface area contributed by atoms with E-state index in [9.17, 15) is 4.79 Å². The standard InChI is InChI=1S/C17H21N5O3/c1-2-25-17(23)12-5-3-4-6-13(12)21-15-14(18)16(20-11-19-15)22-7-9-24-10-8-22/h3-6,11H,2,7-10,18H2,1H3,(H,19,20,21). The number of ether oxygens (including phenoxy) is 2. The van der Waals surface area contributed by atoms with E-state index in [1.54, 1.807) is 25.1 Å². The topological polar surface area (TPSA) is 103 Å². The predicted octanol–water partition coefficient (Wildman–Crippen LogP) is 1.82. The van der Waals surface area contributed by atoms with Crippen LogP contribution in [-0.2, 0) is 9.47 Å². The lowest BCUT2D eigenvalue weighted by Gasteiger charge is -2.29. The third kappa shape index (κ3) is 3.80. The second-order valence-electron chi connectivity index (χ2n) is 5.45. The Hall–Kier alpha value is -2.87. The largest absolute Gasteiger partial charge is 0.462 e. The molecule has 0 amide bonds. The van der Waals surface area contributed by atoms with E-state index in [-0.39, 0.29) is 0 Å². The van der Waals surface area contributed by atoms with Crippen LogP contribution in [0.25, 0.3) is 0 Å². The van der Waals surface area contributed by atoms with Crippen LogP contribution in [0.5, 0.6) is 0 Å². The molecule has 2 aromatic rings. The van der Waals surface area contributed by atoms with E-state index < -0.39 is 5.97 Å². The molecule has 0 spiro atoms. The van der Waals surface area contributed by atoms with Crippen LogP contribution in [0.4, 0.5) is 23.0 Å². The summed E-state index contributed by atoms with van der Waals surface area (Å²) in [6.07, 6.45) is 1.45. The molecule has 8 nitrogen and oxygen atoms in total. The molecule has 0 bridgehead atoms. The minimum absolute atomic E-state index is 0.310. The Balaban J connectivity index is 1.88. The highest BCUT2D eigenvalue weighted by atomic mass is 16.5. The average Bonchev–Trinajstić information content (AvgIpc) is 2.65. The molecule has 2 heterocycles. The number of nitrogens with one attached hydrogen (secondary N) is 1. The third-order valence-electron chi connectivity index (χ3n) is 3.85. The van der Waals surface area contributed by atoms with Gasteiger partial charge in [0.05, 0.1) is 31.1 Å². The molecule has 1 aliphatic rings. The fraction of sp³-hybridized carbons (Fsp3) is 0.353. The molecule has 0 radical (unpaired) electrons. The molecule has 1 aromatic heterocycles. The summed E-state index contributed by atoms with van der Waals surface area (Å²) in [6, 6.07) is 7.08. The SMILES string of the molecule is CCOC(=O)c1ccccc1Nc1ncnc(N2CCOCC2)c1N. The van der Waals surface area contributed by atoms with Gasteiger partial charge in [0, 0.05) is 13.1 Å². The van der Waals surface area contributed by atoms with Gasteiger partial charge in [-0.25, -0.2) is 14.8 Å². The van der Waals surface area contributed by atoms with Crippen LogP contribution in [0.3, 0.4) is 0 Å². The van der Waals surface area contributed by atoms with Gasteiger partial charge in [-0.15, -0.1) is 0 Å². The highest BCUT2D eigenvalue weighted by Crippen LogP contribution is 2.30. The van der Waals surface area contributed by atoms with E-state index >= 15 is 0 Å². The van der Waals surface area contributed by atoms with E-state index in [4.69, 9.17) is 15.2 Å². The molecule has 1 aliphatic heterocycles. The van der Waals surface area contributed by atoms with Crippen LogP contribution in [0.2, 0.25) is 0 Å². The second kappa shape index (κ2) is 7.80. The maximum atomic E-state index is 12.1. The van der Waals surface area contributed by atoms with Gasteiger partial charge in [-0.05, 0) is 19.1 Å². The molecule has 3 N–H and O–H groups in total. The summed E-state index contributed by atoms with van der Waals surface area (Å²) in [5.74, 6) is 0.717. The molecule has 0 saturated carbocycles. The number of carbonyl (C=O) groups excluding carboxylic acids is 1. The summed E-state index contributed by atoms with van der Waals surface area (Å²) in [5, 5.41) is 3.12. The van der Waals surface area contributed by atoms with Crippen LogP contribution in [-0.4, -0.2) is 48.8 Å². The van der Waals surface area contributed by atoms with E-state index in [0.29, 0.717) is 48.4 Å². The van der Waals surface area contributed by atoms with Gasteiger partial charge in [-0.3, -0.25) is 0 Å². The number of hydrogen-bond donors (Lipinski definition) is 2. The van der Waals surface area contributed by atoms with Gasteiger partial charge in [0.15, 0.2) is 11.6 Å². The second-order valence-corrected chi connectivity index (χ2v) is 5.45. The Morgan fingerprint density at radius 3 is 2.84 bits per heavy atom. The zero-order valence-corrected chi connectivity index (χ0v) is 14.1. The van der Waals surface area contributed by atoms with Crippen molar-refractivity contribution < 1.29 is 14.3 Å². The van der Waals surface area contributed by atoms with Crippen molar-refractivity contribution in [1.82, 2.24) is 9.97 Å². The Morgan fingerprint density at radius 1 is 1.32 bits per heavy atom. The van der Waals surface area contributed by atoms with Crippen molar-refractivity contribution in [3.63, 3.8) is 0 Å². The van der Waals surface area contributed by atoms with Crippen molar-refractivity contribution >= 4 is 29.0 Å². The van der Waals surface area contributed by atoms with E-state index in [1.807, 2.05) is 6.07 Å². The molecule has 0 unspecified atom stereocenters. The summed E-state index contributed by atoms with van der Waals surface area (Å²) < 4.78 is 10.4. The molecular weight excluding hydrogens is 322 g/mol. The molecule has 25 heavy (non-hydrogen) atoms. The molecular formula is C17H21N5O3. The first kappa shape index (κ1) is 17.0. The van der Waals surface area contributed by atoms with Crippen LogP contribution in [0.1, 0.15) is 17.3 Å². The minimum atomic E-state index is -0.397. The minimum Gasteiger partial charge on any atom is -0.462 e. The molecule has 1 fully saturated rings. The van der Waals surface area contributed by atoms with Crippen molar-refractivity contribution in [3.8, 4) is 0 Å². The lowest BCUT2D eigenvalue weighted by Crippen LogP contribution is -2.37. The molecule has 0 aliphatic carbocycles. The highest BCUT2D eigenvalue weighted by molar-refractivity contribution is 5.97. The average molecular weight is 343 g/mol. The van der Waals surface area contributed by atoms with E-state index in [1.165, 1.54) is 6.33 Å². The van der Waals surface area contributed by atoms with Gasteiger partial charge in [-0.1, -0.05) is 12.1 Å². The van der Waals surface area contributed by atoms with Gasteiger partial charge < -0.3 is 25.4 Å². The van der Waals surface area contributed by atoms with E-state index in [2.05, 4.69) is 20.2 Å². The Labute approximate surface area is 146 Å². The Morgan fingerprint density at radius 2 is 2.08 bits per heavy atom. The lowest BCUT2D eigenvalue weighted by atomic mass is 10.1. The first-order valence-electron chi connectivity index (χ1n) is 8.17. The normalized spacial score (nSPS) is 14.2. The molecule has 0 atom stereocenters. The van der Waals surface area contributed by atoms with Crippen molar-refractivity contribution in [1.29, 1.82) is 0 Å². The summed E-state index contributed by atoms with van der Waals surface area (Å²) in [5.41, 5.74) is 7.70. The van der Waals surface area contributed by atoms with Gasteiger partial charge in [0.1, 0.15) is 12.0 Å². The number of anilines is 4. The Bertz CT molecular complexity index is 747. The van der Waals surface area contributed by atoms with Crippen molar-refractivity contribution in [3.05, 3.63) is 36.2 Å². The number of rotatable bonds is 5. The van der Waals surface area contributed by atoms with Crippen LogP contribution in [0.15, 0.2) is 30.6 Å². The van der Waals surface area contributed by atoms with Crippen molar-refractivity contribution in [2.45, 2.75) is 6.92 Å². The quantitative estimate of drug-likeness (QED) is 0.793. The molecule has 1 saturated heterocycles. The fourth-order valence-corrected chi connectivity index (χ4v) is 2.62. The molecule has 8 heteroatoms. The number of nitrogens with two attached hydrogens (primary N) is 1. The number of benzene rings is 1. The van der Waals surface area contributed by atoms with Gasteiger partial charge in [-0.2, -0.15) is 0 Å². The van der Waals surface area contributed by atoms with Crippen molar-refractivity contribution in [2.75, 3.05) is 48.9 Å². The van der Waals surface area contributed by atoms with Gasteiger partial charge >= 0.3 is 5.97 Å². The zero-order chi connectivity index (χ0) is 17.6. The first-order valence-corrected chi connectivity index (χ1v) is 8.17. The number of aromatic nitrogens is 2. The van der Waals surface area contributed by atoms with Crippen LogP contribution in [0, 0.1) is 0 Å². The van der Waals surface area contributed by atoms with Crippen molar-refractivity contribution in [2.24, 2.45) is 0 Å². The summed E-state index contributed by atoms with van der Waals surface area (Å²) in [4.78, 5) is 22.7. The smallest absolute Gasteiger partial charge is 0.340 e. The first-order chi connectivity index (χ1) is 12.2. The Kier molecular flexibility index (Phi) is 5.30. The van der Waals surface area contributed by atoms with E-state index in [0.717, 1.165) is 13.1 Å². The molecule has 1 aromatic carbocycles. The fourth-order valence-electron chi connectivity index (χ4n) is 2.62.